The third-order valence-corrected chi connectivity index (χ3v) is 6.77. The Kier molecular flexibility index (Phi) is 4.11. The average Bonchev–Trinajstić information content (AvgIpc) is 2.46. The molecule has 0 radical (unpaired) electrons. The van der Waals surface area contributed by atoms with E-state index in [0.717, 1.165) is 32.1 Å². The zero-order chi connectivity index (χ0) is 17.0. The van der Waals surface area contributed by atoms with E-state index in [2.05, 4.69) is 39.8 Å². The fraction of sp³-hybridized carbons (Fsp3) is 0.700. The Morgan fingerprint density at radius 3 is 2.57 bits per heavy atom. The van der Waals surface area contributed by atoms with Crippen LogP contribution in [0.1, 0.15) is 81.5 Å². The molecular formula is C20H30NO2-. The van der Waals surface area contributed by atoms with E-state index >= 15 is 0 Å². The second-order valence-electron chi connectivity index (χ2n) is 8.51. The normalized spacial score (nSPS) is 33.7. The number of fused-ring (bicyclic) bond motifs is 3. The highest BCUT2D eigenvalue weighted by atomic mass is 16.8. The summed E-state index contributed by atoms with van der Waals surface area (Å²) in [7, 11) is 0. The van der Waals surface area contributed by atoms with Crippen LogP contribution in [0.4, 0.5) is 0 Å². The molecular weight excluding hydrogens is 286 g/mol. The molecule has 0 aliphatic heterocycles. The Morgan fingerprint density at radius 1 is 1.26 bits per heavy atom. The molecule has 1 aromatic rings. The van der Waals surface area contributed by atoms with Gasteiger partial charge in [-0.3, -0.25) is 5.23 Å². The summed E-state index contributed by atoms with van der Waals surface area (Å²) in [6.45, 7) is 11.0. The number of hydrogen-bond acceptors (Lipinski definition) is 3. The number of nitrogens with zero attached hydrogens (tertiary/aromatic N) is 1. The first-order valence-electron chi connectivity index (χ1n) is 9.00. The lowest BCUT2D eigenvalue weighted by Crippen LogP contribution is -2.58. The van der Waals surface area contributed by atoms with Gasteiger partial charge in [0.1, 0.15) is 0 Å². The Balaban J connectivity index is 2.11. The highest BCUT2D eigenvalue weighted by Crippen LogP contribution is 2.55. The summed E-state index contributed by atoms with van der Waals surface area (Å²) in [4.78, 5) is 0. The Hall–Kier alpha value is -0.900. The van der Waals surface area contributed by atoms with Crippen LogP contribution in [0.5, 0.6) is 0 Å². The summed E-state index contributed by atoms with van der Waals surface area (Å²) in [6, 6.07) is 4.77. The van der Waals surface area contributed by atoms with Gasteiger partial charge >= 0.3 is 0 Å². The molecule has 3 unspecified atom stereocenters. The molecule has 1 N–H and O–H groups in total. The molecule has 23 heavy (non-hydrogen) atoms. The van der Waals surface area contributed by atoms with Gasteiger partial charge < -0.3 is 10.4 Å². The summed E-state index contributed by atoms with van der Waals surface area (Å²) < 4.78 is 0. The zero-order valence-corrected chi connectivity index (χ0v) is 15.1. The number of hydroxylamine groups is 2. The van der Waals surface area contributed by atoms with E-state index in [9.17, 15) is 10.4 Å². The molecule has 1 aromatic carbocycles. The maximum atomic E-state index is 11.9. The summed E-state index contributed by atoms with van der Waals surface area (Å²) >= 11 is 0. The van der Waals surface area contributed by atoms with Crippen molar-refractivity contribution in [2.45, 2.75) is 83.6 Å². The van der Waals surface area contributed by atoms with Gasteiger partial charge in [0.2, 0.25) is 0 Å². The van der Waals surface area contributed by atoms with Crippen molar-refractivity contribution in [2.24, 2.45) is 5.92 Å². The summed E-state index contributed by atoms with van der Waals surface area (Å²) in [5.74, 6) is 0.750. The first-order chi connectivity index (χ1) is 10.7. The molecule has 0 aromatic heterocycles. The van der Waals surface area contributed by atoms with E-state index in [1.54, 1.807) is 0 Å². The molecule has 0 heterocycles. The van der Waals surface area contributed by atoms with Gasteiger partial charge in [0.05, 0.1) is 0 Å². The molecule has 1 fully saturated rings. The minimum Gasteiger partial charge on any atom is -0.762 e. The van der Waals surface area contributed by atoms with Gasteiger partial charge in [-0.1, -0.05) is 39.3 Å². The lowest BCUT2D eigenvalue weighted by molar-refractivity contribution is -0.174. The monoisotopic (exact) mass is 316 g/mol. The minimum absolute atomic E-state index is 0.00770. The summed E-state index contributed by atoms with van der Waals surface area (Å²) in [5, 5.41) is 22.0. The van der Waals surface area contributed by atoms with E-state index in [1.807, 2.05) is 6.92 Å². The van der Waals surface area contributed by atoms with Crippen molar-refractivity contribution in [1.82, 2.24) is 5.23 Å². The van der Waals surface area contributed by atoms with Crippen LogP contribution in [0, 0.1) is 18.0 Å². The van der Waals surface area contributed by atoms with Crippen molar-refractivity contribution in [1.29, 1.82) is 0 Å². The number of hydrogen-bond donors (Lipinski definition) is 1. The Morgan fingerprint density at radius 2 is 1.96 bits per heavy atom. The van der Waals surface area contributed by atoms with Gasteiger partial charge in [-0.15, -0.1) is 0 Å². The lowest BCUT2D eigenvalue weighted by atomic mass is 9.52. The van der Waals surface area contributed by atoms with Crippen LogP contribution in [0.3, 0.4) is 0 Å². The van der Waals surface area contributed by atoms with Crippen LogP contribution in [-0.2, 0) is 11.8 Å². The predicted molar refractivity (Wildman–Crippen MR) is 93.7 cm³/mol. The molecule has 2 aliphatic rings. The molecule has 1 saturated carbocycles. The van der Waals surface area contributed by atoms with Gasteiger partial charge in [-0.2, -0.15) is 0 Å². The number of rotatable bonds is 2. The van der Waals surface area contributed by atoms with E-state index in [-0.39, 0.29) is 16.6 Å². The Bertz CT molecular complexity index is 610. The SMILES string of the molecule is Cc1cc2c(cc1C(C)C)CCC1C2(C)CCCC1(C)N([O-])O. The Labute approximate surface area is 140 Å². The molecule has 0 bridgehead atoms. The zero-order valence-electron chi connectivity index (χ0n) is 15.1. The maximum Gasteiger partial charge on any atom is 0.0336 e. The topological polar surface area (TPSA) is 46.5 Å². The van der Waals surface area contributed by atoms with Crippen LogP contribution in [0.15, 0.2) is 12.1 Å². The first-order valence-corrected chi connectivity index (χ1v) is 9.00. The van der Waals surface area contributed by atoms with Crippen molar-refractivity contribution in [3.8, 4) is 0 Å². The third kappa shape index (κ3) is 2.45. The molecule has 3 heteroatoms. The predicted octanol–water partition coefficient (Wildman–Crippen LogP) is 5.07. The van der Waals surface area contributed by atoms with Crippen molar-refractivity contribution < 1.29 is 5.21 Å². The molecule has 3 atom stereocenters. The maximum absolute atomic E-state index is 11.9. The summed E-state index contributed by atoms with van der Waals surface area (Å²) in [6.07, 6.45) is 4.88. The van der Waals surface area contributed by atoms with Crippen molar-refractivity contribution in [3.05, 3.63) is 39.6 Å². The fourth-order valence-corrected chi connectivity index (χ4v) is 5.46. The number of benzene rings is 1. The molecule has 128 valence electrons. The average molecular weight is 316 g/mol. The molecule has 0 saturated heterocycles. The minimum atomic E-state index is -0.657. The largest absolute Gasteiger partial charge is 0.762 e. The van der Waals surface area contributed by atoms with E-state index in [1.165, 1.54) is 22.3 Å². The lowest BCUT2D eigenvalue weighted by Gasteiger charge is -2.59. The molecule has 3 rings (SSSR count). The van der Waals surface area contributed by atoms with Gasteiger partial charge in [0, 0.05) is 5.54 Å². The highest BCUT2D eigenvalue weighted by Gasteiger charge is 2.52. The quantitative estimate of drug-likeness (QED) is 0.775. The molecule has 0 spiro atoms. The first kappa shape index (κ1) is 16.9. The van der Waals surface area contributed by atoms with Crippen molar-refractivity contribution >= 4 is 0 Å². The third-order valence-electron chi connectivity index (χ3n) is 6.77. The smallest absolute Gasteiger partial charge is 0.0336 e. The fourth-order valence-electron chi connectivity index (χ4n) is 5.46. The van der Waals surface area contributed by atoms with Gasteiger partial charge in [-0.25, -0.2) is 0 Å². The second-order valence-corrected chi connectivity index (χ2v) is 8.51. The van der Waals surface area contributed by atoms with Crippen LogP contribution in [0.2, 0.25) is 0 Å². The van der Waals surface area contributed by atoms with Crippen molar-refractivity contribution in [3.63, 3.8) is 0 Å². The standard InChI is InChI=1S/C20H30NO2/c1-13(2)16-12-15-7-8-18-19(4,17(15)11-14(16)3)9-6-10-20(18,5)21(22)23/h11-13,18,22H,6-10H2,1-5H3/q-1. The van der Waals surface area contributed by atoms with Gasteiger partial charge in [-0.05, 0) is 79.0 Å². The van der Waals surface area contributed by atoms with E-state index in [4.69, 9.17) is 0 Å². The van der Waals surface area contributed by atoms with Crippen LogP contribution in [-0.4, -0.2) is 16.0 Å². The van der Waals surface area contributed by atoms with Gasteiger partial charge in [0.25, 0.3) is 0 Å². The van der Waals surface area contributed by atoms with Crippen LogP contribution >= 0.6 is 0 Å². The highest BCUT2D eigenvalue weighted by molar-refractivity contribution is 5.46. The summed E-state index contributed by atoms with van der Waals surface area (Å²) in [5.41, 5.74) is 5.01. The molecule has 2 aliphatic carbocycles. The second kappa shape index (κ2) is 5.58. The van der Waals surface area contributed by atoms with Crippen LogP contribution in [0.25, 0.3) is 0 Å². The van der Waals surface area contributed by atoms with E-state index in [0.29, 0.717) is 5.92 Å². The van der Waals surface area contributed by atoms with Crippen molar-refractivity contribution in [2.75, 3.05) is 0 Å². The molecule has 0 amide bonds. The van der Waals surface area contributed by atoms with E-state index < -0.39 is 5.54 Å². The van der Waals surface area contributed by atoms with Gasteiger partial charge in [0.15, 0.2) is 0 Å². The number of aryl methyl sites for hydroxylation is 2. The molecule has 3 nitrogen and oxygen atoms in total. The van der Waals surface area contributed by atoms with Crippen LogP contribution < -0.4 is 0 Å².